The number of nitrogens with one attached hydrogen (secondary N) is 1. The van der Waals surface area contributed by atoms with Crippen molar-refractivity contribution in [1.29, 1.82) is 0 Å². The monoisotopic (exact) mass is 426 g/mol. The van der Waals surface area contributed by atoms with Crippen LogP contribution < -0.4 is 4.74 Å². The van der Waals surface area contributed by atoms with Gasteiger partial charge in [-0.15, -0.1) is 0 Å². The molecule has 8 heteroatoms. The van der Waals surface area contributed by atoms with Gasteiger partial charge in [-0.2, -0.15) is 0 Å². The van der Waals surface area contributed by atoms with Gasteiger partial charge in [0, 0.05) is 72.7 Å². The fourth-order valence-corrected chi connectivity index (χ4v) is 4.45. The summed E-state index contributed by atoms with van der Waals surface area (Å²) in [4.78, 5) is 24.0. The Morgan fingerprint density at radius 3 is 2.71 bits per heavy atom. The summed E-state index contributed by atoms with van der Waals surface area (Å²) in [7, 11) is 1.67. The maximum Gasteiger partial charge on any atom is 0.325 e. The van der Waals surface area contributed by atoms with Gasteiger partial charge in [-0.3, -0.25) is 19.6 Å². The molecule has 1 fully saturated rings. The lowest BCUT2D eigenvalue weighted by Gasteiger charge is -2.37. The van der Waals surface area contributed by atoms with Crippen molar-refractivity contribution in [2.45, 2.75) is 26.4 Å². The number of piperazine rings is 1. The van der Waals surface area contributed by atoms with Gasteiger partial charge in [0.2, 0.25) is 0 Å². The van der Waals surface area contributed by atoms with E-state index in [1.165, 1.54) is 12.1 Å². The SMILES string of the molecule is COc1c(C)cnc(CN2CCN([C@@H](C(=O)O)c3c[nH]c4cc(F)ccc34)CC2)c1C. The minimum atomic E-state index is -0.903. The second kappa shape index (κ2) is 8.64. The van der Waals surface area contributed by atoms with Crippen molar-refractivity contribution < 1.29 is 19.0 Å². The molecule has 3 aromatic rings. The van der Waals surface area contributed by atoms with Crippen LogP contribution in [0.1, 0.15) is 28.4 Å². The summed E-state index contributed by atoms with van der Waals surface area (Å²) in [6.07, 6.45) is 3.51. The molecule has 0 radical (unpaired) electrons. The summed E-state index contributed by atoms with van der Waals surface area (Å²) in [6.45, 7) is 7.40. The fraction of sp³-hybridized carbons (Fsp3) is 0.391. The normalized spacial score (nSPS) is 16.5. The summed E-state index contributed by atoms with van der Waals surface area (Å²) in [5.41, 5.74) is 4.30. The summed E-state index contributed by atoms with van der Waals surface area (Å²) in [5, 5.41) is 10.7. The van der Waals surface area contributed by atoms with Gasteiger partial charge in [0.05, 0.1) is 12.8 Å². The van der Waals surface area contributed by atoms with E-state index in [1.54, 1.807) is 19.4 Å². The first-order valence-electron chi connectivity index (χ1n) is 10.3. The van der Waals surface area contributed by atoms with Crippen LogP contribution in [0.5, 0.6) is 5.75 Å². The average Bonchev–Trinajstić information content (AvgIpc) is 3.14. The molecule has 2 N–H and O–H groups in total. The van der Waals surface area contributed by atoms with E-state index in [9.17, 15) is 14.3 Å². The van der Waals surface area contributed by atoms with Crippen molar-refractivity contribution in [1.82, 2.24) is 19.8 Å². The molecule has 1 aliphatic heterocycles. The van der Waals surface area contributed by atoms with Crippen molar-refractivity contribution in [2.75, 3.05) is 33.3 Å². The first kappa shape index (κ1) is 21.3. The van der Waals surface area contributed by atoms with Crippen LogP contribution in [0.3, 0.4) is 0 Å². The van der Waals surface area contributed by atoms with Crippen LogP contribution >= 0.6 is 0 Å². The van der Waals surface area contributed by atoms with E-state index in [4.69, 9.17) is 4.74 Å². The first-order chi connectivity index (χ1) is 14.9. The van der Waals surface area contributed by atoms with Crippen molar-refractivity contribution in [2.24, 2.45) is 0 Å². The molecule has 1 aromatic carbocycles. The molecule has 7 nitrogen and oxygen atoms in total. The third kappa shape index (κ3) is 4.13. The van der Waals surface area contributed by atoms with E-state index in [0.29, 0.717) is 30.7 Å². The number of ether oxygens (including phenoxy) is 1. The van der Waals surface area contributed by atoms with Crippen molar-refractivity contribution in [3.8, 4) is 5.75 Å². The van der Waals surface area contributed by atoms with Gasteiger partial charge in [0.15, 0.2) is 0 Å². The highest BCUT2D eigenvalue weighted by atomic mass is 19.1. The van der Waals surface area contributed by atoms with Crippen LogP contribution in [0.4, 0.5) is 4.39 Å². The smallest absolute Gasteiger partial charge is 0.325 e. The number of hydrogen-bond acceptors (Lipinski definition) is 5. The average molecular weight is 426 g/mol. The summed E-state index contributed by atoms with van der Waals surface area (Å²) < 4.78 is 19.0. The van der Waals surface area contributed by atoms with Crippen LogP contribution in [0.2, 0.25) is 0 Å². The van der Waals surface area contributed by atoms with Gasteiger partial charge < -0.3 is 14.8 Å². The molecule has 0 unspecified atom stereocenters. The van der Waals surface area contributed by atoms with E-state index in [-0.39, 0.29) is 5.82 Å². The number of aromatic amines is 1. The maximum absolute atomic E-state index is 13.5. The standard InChI is InChI=1S/C23H27FN4O3/c1-14-11-25-20(15(2)22(14)31-3)13-27-6-8-28(9-7-27)21(23(29)30)18-12-26-19-10-16(24)4-5-17(18)19/h4-5,10-12,21,26H,6-9,13H2,1-3H3,(H,29,30)/t21-/m1/s1. The second-order valence-corrected chi connectivity index (χ2v) is 8.03. The van der Waals surface area contributed by atoms with E-state index in [2.05, 4.69) is 14.9 Å². The van der Waals surface area contributed by atoms with Gasteiger partial charge in [-0.05, 0) is 32.0 Å². The summed E-state index contributed by atoms with van der Waals surface area (Å²) >= 11 is 0. The zero-order valence-electron chi connectivity index (χ0n) is 18.0. The van der Waals surface area contributed by atoms with Crippen LogP contribution in [0, 0.1) is 19.7 Å². The van der Waals surface area contributed by atoms with Crippen LogP contribution in [-0.4, -0.2) is 64.1 Å². The molecule has 2 aromatic heterocycles. The molecule has 0 saturated carbocycles. The molecule has 1 atom stereocenters. The lowest BCUT2D eigenvalue weighted by atomic mass is 10.0. The van der Waals surface area contributed by atoms with Crippen LogP contribution in [-0.2, 0) is 11.3 Å². The molecular formula is C23H27FN4O3. The third-order valence-corrected chi connectivity index (χ3v) is 6.10. The Hall–Kier alpha value is -2.97. The Balaban J connectivity index is 1.48. The minimum absolute atomic E-state index is 0.349. The Kier molecular flexibility index (Phi) is 5.93. The number of aryl methyl sites for hydroxylation is 1. The maximum atomic E-state index is 13.5. The predicted octanol–water partition coefficient (Wildman–Crippen LogP) is 3.27. The lowest BCUT2D eigenvalue weighted by Crippen LogP contribution is -2.49. The number of hydrogen-bond donors (Lipinski definition) is 2. The van der Waals surface area contributed by atoms with Crippen molar-refractivity contribution >= 4 is 16.9 Å². The Bertz CT molecular complexity index is 1110. The largest absolute Gasteiger partial charge is 0.496 e. The number of rotatable bonds is 6. The Labute approximate surface area is 180 Å². The van der Waals surface area contributed by atoms with Gasteiger partial charge >= 0.3 is 5.97 Å². The van der Waals surface area contributed by atoms with Gasteiger partial charge in [0.25, 0.3) is 0 Å². The number of pyridine rings is 1. The number of H-pyrrole nitrogens is 1. The molecule has 0 aliphatic carbocycles. The molecule has 164 valence electrons. The Morgan fingerprint density at radius 2 is 2.03 bits per heavy atom. The number of carbonyl (C=O) groups is 1. The van der Waals surface area contributed by atoms with Gasteiger partial charge in [-0.25, -0.2) is 4.39 Å². The van der Waals surface area contributed by atoms with Crippen molar-refractivity contribution in [3.05, 3.63) is 58.8 Å². The van der Waals surface area contributed by atoms with E-state index >= 15 is 0 Å². The molecule has 4 rings (SSSR count). The highest BCUT2D eigenvalue weighted by molar-refractivity contribution is 5.89. The van der Waals surface area contributed by atoms with Crippen LogP contribution in [0.25, 0.3) is 10.9 Å². The first-order valence-corrected chi connectivity index (χ1v) is 10.3. The molecule has 0 spiro atoms. The quantitative estimate of drug-likeness (QED) is 0.630. The number of aromatic nitrogens is 2. The highest BCUT2D eigenvalue weighted by Crippen LogP contribution is 2.30. The molecule has 1 saturated heterocycles. The van der Waals surface area contributed by atoms with E-state index in [1.807, 2.05) is 24.9 Å². The number of nitrogens with zero attached hydrogens (tertiary/aromatic N) is 3. The van der Waals surface area contributed by atoms with Gasteiger partial charge in [-0.1, -0.05) is 0 Å². The topological polar surface area (TPSA) is 81.7 Å². The fourth-order valence-electron chi connectivity index (χ4n) is 4.45. The lowest BCUT2D eigenvalue weighted by molar-refractivity contribution is -0.144. The zero-order valence-corrected chi connectivity index (χ0v) is 18.0. The zero-order chi connectivity index (χ0) is 22.1. The Morgan fingerprint density at radius 1 is 1.29 bits per heavy atom. The van der Waals surface area contributed by atoms with Gasteiger partial charge in [0.1, 0.15) is 17.6 Å². The molecule has 31 heavy (non-hydrogen) atoms. The number of fused-ring (bicyclic) bond motifs is 1. The predicted molar refractivity (Wildman–Crippen MR) is 116 cm³/mol. The highest BCUT2D eigenvalue weighted by Gasteiger charge is 2.32. The number of benzene rings is 1. The molecular weight excluding hydrogens is 399 g/mol. The molecule has 3 heterocycles. The molecule has 0 amide bonds. The second-order valence-electron chi connectivity index (χ2n) is 8.03. The third-order valence-electron chi connectivity index (χ3n) is 6.10. The number of halogens is 1. The van der Waals surface area contributed by atoms with Crippen LogP contribution in [0.15, 0.2) is 30.6 Å². The summed E-state index contributed by atoms with van der Waals surface area (Å²) in [6, 6.07) is 3.62. The van der Waals surface area contributed by atoms with Crippen molar-refractivity contribution in [3.63, 3.8) is 0 Å². The number of aliphatic carboxylic acids is 1. The number of carboxylic acid groups (broad SMARTS) is 1. The molecule has 0 bridgehead atoms. The molecule has 1 aliphatic rings. The summed E-state index contributed by atoms with van der Waals surface area (Å²) in [5.74, 6) is -0.386. The number of methoxy groups -OCH3 is 1. The van der Waals surface area contributed by atoms with E-state index in [0.717, 1.165) is 41.0 Å². The number of carboxylic acids is 1. The van der Waals surface area contributed by atoms with E-state index < -0.39 is 12.0 Å². The minimum Gasteiger partial charge on any atom is -0.496 e.